The summed E-state index contributed by atoms with van der Waals surface area (Å²) in [7, 11) is -11.0. The quantitative estimate of drug-likeness (QED) is 0.0302. The molecule has 0 saturated carbocycles. The first-order valence-electron chi connectivity index (χ1n) is 48.7. The molecule has 0 aliphatic carbocycles. The van der Waals surface area contributed by atoms with Crippen LogP contribution >= 0.6 is 0 Å². The third-order valence-electron chi connectivity index (χ3n) is 32.5. The highest BCUT2D eigenvalue weighted by molar-refractivity contribution is 6.76. The van der Waals surface area contributed by atoms with Gasteiger partial charge in [-0.25, -0.2) is 0 Å². The van der Waals surface area contributed by atoms with Crippen LogP contribution in [-0.4, -0.2) is 411 Å². The number of nitrogens with two attached hydrogens (primary N) is 1. The second-order valence-corrected chi connectivity index (χ2v) is 82.6. The summed E-state index contributed by atoms with van der Waals surface area (Å²) in [5, 5.41) is 95.1. The van der Waals surface area contributed by atoms with Crippen molar-refractivity contribution in [2.24, 2.45) is 5.73 Å². The first-order valence-corrected chi connectivity index (χ1v) is 69.1. The Balaban J connectivity index is 1.39. The molecule has 15 aliphatic rings. The van der Waals surface area contributed by atoms with Crippen molar-refractivity contribution in [2.45, 2.75) is 487 Å². The van der Waals surface area contributed by atoms with Gasteiger partial charge in [-0.3, -0.25) is 0 Å². The van der Waals surface area contributed by atoms with Gasteiger partial charge >= 0.3 is 0 Å². The number of fused-ring (bicyclic) bond motifs is 7. The van der Waals surface area contributed by atoms with E-state index in [0.29, 0.717) is 0 Å². The summed E-state index contributed by atoms with van der Waals surface area (Å²) in [6, 6.07) is -1.19. The van der Waals surface area contributed by atoms with Crippen LogP contribution in [0.15, 0.2) is 0 Å². The molecule has 0 aromatic heterocycles. The monoisotopic (exact) mass is 2060 g/mol. The molecule has 15 heterocycles. The van der Waals surface area contributed by atoms with Gasteiger partial charge in [-0.05, 0) is 127 Å². The van der Waals surface area contributed by atoms with Crippen molar-refractivity contribution in [3.8, 4) is 0 Å². The van der Waals surface area contributed by atoms with Crippen LogP contribution in [0.2, 0.25) is 127 Å². The van der Waals surface area contributed by atoms with Crippen LogP contribution in [0.3, 0.4) is 0 Å². The van der Waals surface area contributed by atoms with Gasteiger partial charge in [0.05, 0.1) is 52.3 Å². The minimum Gasteiger partial charge on any atom is -0.414 e. The SMILES string of the molecule is CO[C@@H]1[C@H]2O[C@H]3[C@H](O)[C@@H](OC)[C@@H](O[C@H]4[C@H](O)[C@@H](OC)[C@@H](O[C@H]5[C@H](O)[C@@H](OC)[C@@H](O[C@H]6[C@H](O)[C@@H](OC)[C@@H](O[C@H]7[C@@H](NCCN)[C@H](O)[C@@H](O[C@H]8[C@@H](O)[C@@H](OC)[C@@H](O[C@@H]([C@@H]1O)[C@@H](CO[Si](C)(C)C(C)(C)C)O2)O[C@@H]8CO[Si](C)(C)C(C)(C)C)O[C@@H]7CO[Si](C)(C)C(C)(C)C)O[C@@H]6CO[Si](C)(C)C(C)(C)C)O[C@@H]5CO[Si](C)(C)C(C)(C)C)O[C@@H]4CO[Si](C)(C)C(C)(C)C)O[C@@H]3CO[Si](C)(C)C(C)(C)C. The number of methoxy groups -OCH3 is 6. The second kappa shape index (κ2) is 46.5. The molecule has 135 heavy (non-hydrogen) atoms. The first-order chi connectivity index (χ1) is 61.7. The zero-order valence-corrected chi connectivity index (χ0v) is 96.8. The minimum absolute atomic E-state index is 0.0762. The van der Waals surface area contributed by atoms with E-state index < -0.39 is 273 Å². The maximum atomic E-state index is 13.5. The first kappa shape index (κ1) is 120. The van der Waals surface area contributed by atoms with Gasteiger partial charge < -0.3 is 173 Å². The van der Waals surface area contributed by atoms with Gasteiger partial charge in [0.25, 0.3) is 0 Å². The lowest BCUT2D eigenvalue weighted by Gasteiger charge is -2.52. The van der Waals surface area contributed by atoms with Gasteiger partial charge in [0.2, 0.25) is 0 Å². The molecule has 0 unspecified atom stereocenters. The van der Waals surface area contributed by atoms with Crippen LogP contribution in [0.4, 0.5) is 0 Å². The highest BCUT2D eigenvalue weighted by Gasteiger charge is 2.64. The van der Waals surface area contributed by atoms with Crippen molar-refractivity contribution in [3.63, 3.8) is 0 Å². The van der Waals surface area contributed by atoms with Gasteiger partial charge in [0.1, 0.15) is 165 Å². The van der Waals surface area contributed by atoms with E-state index >= 15 is 0 Å². The van der Waals surface area contributed by atoms with Crippen LogP contribution in [0, 0.1) is 0 Å². The van der Waals surface area contributed by atoms with Crippen LogP contribution in [-0.2, 0) is 126 Å². The highest BCUT2D eigenvalue weighted by Crippen LogP contribution is 2.49. The Bertz CT molecular complexity index is 3550. The van der Waals surface area contributed by atoms with E-state index in [9.17, 15) is 35.7 Å². The predicted molar refractivity (Wildman–Crippen MR) is 524 cm³/mol. The van der Waals surface area contributed by atoms with Crippen LogP contribution in [0.1, 0.15) is 145 Å². The second-order valence-electron chi connectivity index (χ2n) is 48.9. The lowest BCUT2D eigenvalue weighted by atomic mass is 9.93. The normalized spacial score (nSPS) is 38.6. The van der Waals surface area contributed by atoms with Gasteiger partial charge in [-0.2, -0.15) is 0 Å². The Labute approximate surface area is 815 Å². The van der Waals surface area contributed by atoms with Crippen molar-refractivity contribution in [1.29, 1.82) is 0 Å². The molecule has 0 spiro atoms. The maximum Gasteiger partial charge on any atom is 0.192 e. The molecule has 0 radical (unpaired) electrons. The van der Waals surface area contributed by atoms with Gasteiger partial charge in [-0.15, -0.1) is 0 Å². The van der Waals surface area contributed by atoms with Crippen molar-refractivity contribution in [2.75, 3.05) is 102 Å². The Hall–Kier alpha value is 0.0782. The molecule has 36 nitrogen and oxygen atoms in total. The third kappa shape index (κ3) is 28.0. The molecule has 35 atom stereocenters. The number of nitrogens with one attached hydrogen (secondary N) is 1. The Kier molecular flexibility index (Phi) is 41.4. The van der Waals surface area contributed by atoms with E-state index in [0.717, 1.165) is 0 Å². The fourth-order valence-corrected chi connectivity index (χ4v) is 22.9. The fourth-order valence-electron chi connectivity index (χ4n) is 15.8. The topological polar surface area (TPSA) is 429 Å². The van der Waals surface area contributed by atoms with Crippen molar-refractivity contribution >= 4 is 58.2 Å². The van der Waals surface area contributed by atoms with Gasteiger partial charge in [0, 0.05) is 55.7 Å². The molecule has 43 heteroatoms. The van der Waals surface area contributed by atoms with Crippen molar-refractivity contribution < 1.29 is 161 Å². The summed E-state index contributed by atoms with van der Waals surface area (Å²) >= 11 is 0. The lowest BCUT2D eigenvalue weighted by molar-refractivity contribution is -0.399. The smallest absolute Gasteiger partial charge is 0.192 e. The van der Waals surface area contributed by atoms with Crippen LogP contribution in [0.25, 0.3) is 0 Å². The number of aliphatic hydroxyl groups is 7. The average Bonchev–Trinajstić information content (AvgIpc) is 0.832. The summed E-state index contributed by atoms with van der Waals surface area (Å²) in [5.41, 5.74) is 6.41. The maximum absolute atomic E-state index is 13.5. The van der Waals surface area contributed by atoms with E-state index in [1.54, 1.807) is 0 Å². The number of rotatable bonds is 30. The molecule has 15 aliphatic heterocycles. The molecular formula is C92H186N2O34Si7. The summed E-state index contributed by atoms with van der Waals surface area (Å²) in [5.74, 6) is 0. The summed E-state index contributed by atoms with van der Waals surface area (Å²) in [6.07, 6.45) is -50.3. The number of hydrogen-bond acceptors (Lipinski definition) is 36. The van der Waals surface area contributed by atoms with E-state index in [-0.39, 0.29) is 94.6 Å². The lowest BCUT2D eigenvalue weighted by Crippen LogP contribution is -2.70. The largest absolute Gasteiger partial charge is 0.414 e. The zero-order valence-electron chi connectivity index (χ0n) is 89.8. The van der Waals surface area contributed by atoms with Crippen molar-refractivity contribution in [1.82, 2.24) is 5.32 Å². The molecule has 0 amide bonds. The molecule has 15 fully saturated rings. The van der Waals surface area contributed by atoms with Crippen molar-refractivity contribution in [3.05, 3.63) is 0 Å². The molecule has 0 aromatic carbocycles. The van der Waals surface area contributed by atoms with Gasteiger partial charge in [0.15, 0.2) is 102 Å². The number of hydrogen-bond donors (Lipinski definition) is 9. The minimum atomic E-state index is -2.76. The highest BCUT2D eigenvalue weighted by atomic mass is 28.4. The van der Waals surface area contributed by atoms with Gasteiger partial charge in [-0.1, -0.05) is 145 Å². The molecule has 796 valence electrons. The third-order valence-corrected chi connectivity index (χ3v) is 64.0. The van der Waals surface area contributed by atoms with E-state index in [4.69, 9.17) is 131 Å². The molecule has 10 N–H and O–H groups in total. The Morgan fingerprint density at radius 2 is 0.363 bits per heavy atom. The predicted octanol–water partition coefficient (Wildman–Crippen LogP) is 9.46. The summed E-state index contributed by atoms with van der Waals surface area (Å²) in [4.78, 5) is 0. The van der Waals surface area contributed by atoms with E-state index in [2.05, 4.69) is 242 Å². The summed E-state index contributed by atoms with van der Waals surface area (Å²) < 4.78 is 188. The average molecular weight is 2060 g/mol. The van der Waals surface area contributed by atoms with E-state index in [1.165, 1.54) is 42.7 Å². The Morgan fingerprint density at radius 1 is 0.222 bits per heavy atom. The molecule has 15 saturated heterocycles. The summed E-state index contributed by atoms with van der Waals surface area (Å²) in [6.45, 7) is 71.8. The Morgan fingerprint density at radius 3 is 0.511 bits per heavy atom. The number of aliphatic hydroxyl groups excluding tert-OH is 7. The number of ether oxygens (including phenoxy) is 20. The van der Waals surface area contributed by atoms with E-state index in [1.807, 2.05) is 0 Å². The zero-order chi connectivity index (χ0) is 102. The molecule has 15 rings (SSSR count). The molecular weight excluding hydrogens is 1870 g/mol. The fraction of sp³-hybridized carbons (Fsp3) is 1.00. The van der Waals surface area contributed by atoms with Crippen LogP contribution < -0.4 is 11.1 Å². The molecule has 14 bridgehead atoms. The standard InChI is InChI=1S/C92H186N2O34Si7/c1-86(2,3)129(28,29)108-44-51-66-58(94-43-42-93)59(95)79(115-51)123-67-52(45-109-130(30,31)87(4,5)6)117-81(74(103-23)60(67)96)125-69-54(47-111-132(34,35)89(10,11)12)119-83(76(105-25)62(69)98)127-71-56(49-113-134(38,39)91(16,17)18)121-85(78(107-27)64(71)100)128-72-57(50-114-135(40,41)92(19,20)21)120-84(77(106-26)65(72)101)126-70-55(48-112-133(36,37)90(13,14)15)118-82(75(104-24)63(70)99)124-68-53(46-110-131(32,33)88(7,8)9)116-80(122-66)73(102-22)61(68)97/h51-85,94-101H,42-50,93H2,1-41H3/t51-,52-,53-,54-,55-,56-,57-,58+,59+,60-,61+,62+,63+,64+,65+,66-,67-,68-,69-,70-,71-,72-,73-,74-,75-,76+,77-,78-,79-,80-,81-,82-,83-,84-,85-/m1/s1. The van der Waals surface area contributed by atoms with Crippen LogP contribution in [0.5, 0.6) is 0 Å². The molecule has 0 aromatic rings.